The molecule has 0 aliphatic carbocycles. The molecular formula is C9H18F2N2O2S. The molecule has 1 aliphatic rings. The van der Waals surface area contributed by atoms with E-state index < -0.39 is 23.0 Å². The molecule has 0 aromatic heterocycles. The second kappa shape index (κ2) is 6.46. The number of hydrogen-bond acceptors (Lipinski definition) is 3. The number of sulfonamides is 1. The predicted molar refractivity (Wildman–Crippen MR) is 58.1 cm³/mol. The lowest BCUT2D eigenvalue weighted by Gasteiger charge is -2.23. The zero-order valence-electron chi connectivity index (χ0n) is 9.09. The normalized spacial score (nSPS) is 22.6. The highest BCUT2D eigenvalue weighted by Crippen LogP contribution is 2.10. The molecule has 0 bridgehead atoms. The fourth-order valence-electron chi connectivity index (χ4n) is 1.73. The van der Waals surface area contributed by atoms with Crippen LogP contribution in [0, 0.1) is 0 Å². The lowest BCUT2D eigenvalue weighted by atomic mass is 10.0. The Morgan fingerprint density at radius 1 is 1.38 bits per heavy atom. The minimum absolute atomic E-state index is 0.0859. The van der Waals surface area contributed by atoms with Crippen LogP contribution in [0.5, 0.6) is 0 Å². The van der Waals surface area contributed by atoms with E-state index in [9.17, 15) is 17.2 Å². The molecule has 16 heavy (non-hydrogen) atoms. The van der Waals surface area contributed by atoms with Crippen LogP contribution in [0.1, 0.15) is 25.7 Å². The van der Waals surface area contributed by atoms with Crippen LogP contribution >= 0.6 is 0 Å². The lowest BCUT2D eigenvalue weighted by Crippen LogP contribution is -2.38. The van der Waals surface area contributed by atoms with Crippen molar-refractivity contribution >= 4 is 10.0 Å². The van der Waals surface area contributed by atoms with E-state index in [1.165, 1.54) is 0 Å². The quantitative estimate of drug-likeness (QED) is 0.735. The Bertz CT molecular complexity index is 290. The van der Waals surface area contributed by atoms with Crippen molar-refractivity contribution in [1.82, 2.24) is 10.0 Å². The number of hydrogen-bond donors (Lipinski definition) is 2. The first-order valence-electron chi connectivity index (χ1n) is 5.48. The monoisotopic (exact) mass is 256 g/mol. The van der Waals surface area contributed by atoms with E-state index in [2.05, 4.69) is 5.32 Å². The minimum Gasteiger partial charge on any atom is -0.314 e. The number of halogens is 2. The van der Waals surface area contributed by atoms with E-state index in [-0.39, 0.29) is 11.8 Å². The van der Waals surface area contributed by atoms with Gasteiger partial charge in [0.2, 0.25) is 10.0 Å². The molecule has 0 radical (unpaired) electrons. The van der Waals surface area contributed by atoms with E-state index in [0.717, 1.165) is 25.8 Å². The van der Waals surface area contributed by atoms with Crippen molar-refractivity contribution in [1.29, 1.82) is 0 Å². The minimum atomic E-state index is -3.55. The second-order valence-electron chi connectivity index (χ2n) is 3.99. The van der Waals surface area contributed by atoms with Crippen molar-refractivity contribution < 1.29 is 17.2 Å². The molecule has 96 valence electrons. The summed E-state index contributed by atoms with van der Waals surface area (Å²) in [5.74, 6) is -0.0859. The molecule has 0 aromatic rings. The Kier molecular flexibility index (Phi) is 5.57. The molecule has 0 amide bonds. The zero-order valence-corrected chi connectivity index (χ0v) is 9.90. The third-order valence-electron chi connectivity index (χ3n) is 2.60. The van der Waals surface area contributed by atoms with Gasteiger partial charge in [0.15, 0.2) is 0 Å². The Hall–Kier alpha value is -0.270. The Morgan fingerprint density at radius 2 is 2.12 bits per heavy atom. The van der Waals surface area contributed by atoms with E-state index in [0.29, 0.717) is 6.42 Å². The van der Waals surface area contributed by atoms with Gasteiger partial charge in [0, 0.05) is 6.04 Å². The average molecular weight is 256 g/mol. The number of piperidine rings is 1. The maximum absolute atomic E-state index is 11.8. The molecule has 1 aliphatic heterocycles. The number of nitrogens with one attached hydrogen (secondary N) is 2. The van der Waals surface area contributed by atoms with Crippen molar-refractivity contribution in [3.63, 3.8) is 0 Å². The molecule has 2 N–H and O–H groups in total. The fourth-order valence-corrected chi connectivity index (χ4v) is 2.85. The van der Waals surface area contributed by atoms with Gasteiger partial charge in [-0.1, -0.05) is 6.42 Å². The molecule has 0 saturated carbocycles. The van der Waals surface area contributed by atoms with Gasteiger partial charge >= 0.3 is 0 Å². The molecule has 0 spiro atoms. The van der Waals surface area contributed by atoms with Crippen LogP contribution < -0.4 is 10.0 Å². The molecule has 1 saturated heterocycles. The lowest BCUT2D eigenvalue weighted by molar-refractivity contribution is 0.153. The molecule has 1 rings (SSSR count). The summed E-state index contributed by atoms with van der Waals surface area (Å²) in [6.45, 7) is 0.121. The molecule has 1 unspecified atom stereocenters. The third-order valence-corrected chi connectivity index (χ3v) is 3.98. The molecule has 1 heterocycles. The summed E-state index contributed by atoms with van der Waals surface area (Å²) < 4.78 is 48.1. The summed E-state index contributed by atoms with van der Waals surface area (Å²) >= 11 is 0. The SMILES string of the molecule is O=S(=O)(CCC1CCCCN1)NCC(F)F. The van der Waals surface area contributed by atoms with Gasteiger partial charge in [0.05, 0.1) is 12.3 Å². The van der Waals surface area contributed by atoms with Crippen molar-refractivity contribution in [2.24, 2.45) is 0 Å². The molecule has 1 fully saturated rings. The fraction of sp³-hybridized carbons (Fsp3) is 1.00. The molecule has 4 nitrogen and oxygen atoms in total. The van der Waals surface area contributed by atoms with Crippen molar-refractivity contribution in [2.75, 3.05) is 18.8 Å². The highest BCUT2D eigenvalue weighted by atomic mass is 32.2. The number of rotatable bonds is 6. The van der Waals surface area contributed by atoms with Crippen molar-refractivity contribution in [2.45, 2.75) is 38.2 Å². The first kappa shape index (κ1) is 13.8. The Morgan fingerprint density at radius 3 is 2.69 bits per heavy atom. The van der Waals surface area contributed by atoms with Gasteiger partial charge in [-0.25, -0.2) is 21.9 Å². The van der Waals surface area contributed by atoms with Gasteiger partial charge in [0.25, 0.3) is 6.43 Å². The molecule has 0 aromatic carbocycles. The average Bonchev–Trinajstić information content (AvgIpc) is 2.26. The summed E-state index contributed by atoms with van der Waals surface area (Å²) in [7, 11) is -3.55. The standard InChI is InChI=1S/C9H18F2N2O2S/c10-9(11)7-13-16(14,15)6-4-8-3-1-2-5-12-8/h8-9,12-13H,1-7H2. The summed E-state index contributed by atoms with van der Waals surface area (Å²) in [6.07, 6.45) is 1.03. The van der Waals surface area contributed by atoms with Crippen LogP contribution in [-0.2, 0) is 10.0 Å². The van der Waals surface area contributed by atoms with E-state index >= 15 is 0 Å². The van der Waals surface area contributed by atoms with Crippen LogP contribution in [0.3, 0.4) is 0 Å². The largest absolute Gasteiger partial charge is 0.314 e. The van der Waals surface area contributed by atoms with Gasteiger partial charge < -0.3 is 5.32 Å². The van der Waals surface area contributed by atoms with Crippen LogP contribution in [0.25, 0.3) is 0 Å². The zero-order chi connectivity index (χ0) is 12.0. The highest BCUT2D eigenvalue weighted by molar-refractivity contribution is 7.89. The van der Waals surface area contributed by atoms with E-state index in [1.54, 1.807) is 0 Å². The van der Waals surface area contributed by atoms with Gasteiger partial charge in [-0.2, -0.15) is 0 Å². The van der Waals surface area contributed by atoms with E-state index in [4.69, 9.17) is 0 Å². The van der Waals surface area contributed by atoms with Crippen LogP contribution in [0.15, 0.2) is 0 Å². The van der Waals surface area contributed by atoms with Gasteiger partial charge in [-0.15, -0.1) is 0 Å². The van der Waals surface area contributed by atoms with Gasteiger partial charge in [-0.05, 0) is 25.8 Å². The Labute approximate surface area is 94.8 Å². The smallest absolute Gasteiger partial charge is 0.251 e. The predicted octanol–water partition coefficient (Wildman–Crippen LogP) is 0.703. The summed E-state index contributed by atoms with van der Waals surface area (Å²) in [5, 5.41) is 3.22. The van der Waals surface area contributed by atoms with Crippen LogP contribution in [0.4, 0.5) is 8.78 Å². The summed E-state index contributed by atoms with van der Waals surface area (Å²) in [5.41, 5.74) is 0. The van der Waals surface area contributed by atoms with Gasteiger partial charge in [-0.3, -0.25) is 0 Å². The maximum Gasteiger partial charge on any atom is 0.251 e. The Balaban J connectivity index is 2.24. The van der Waals surface area contributed by atoms with Crippen LogP contribution in [0.2, 0.25) is 0 Å². The second-order valence-corrected chi connectivity index (χ2v) is 5.92. The topological polar surface area (TPSA) is 58.2 Å². The molecular weight excluding hydrogens is 238 g/mol. The molecule has 7 heteroatoms. The first-order chi connectivity index (χ1) is 7.49. The highest BCUT2D eigenvalue weighted by Gasteiger charge is 2.18. The number of alkyl halides is 2. The maximum atomic E-state index is 11.8. The van der Waals surface area contributed by atoms with E-state index in [1.807, 2.05) is 4.72 Å². The van der Waals surface area contributed by atoms with Gasteiger partial charge in [0.1, 0.15) is 0 Å². The molecule has 1 atom stereocenters. The first-order valence-corrected chi connectivity index (χ1v) is 7.14. The summed E-state index contributed by atoms with van der Waals surface area (Å²) in [6, 6.07) is 0.205. The van der Waals surface area contributed by atoms with Crippen molar-refractivity contribution in [3.8, 4) is 0 Å². The van der Waals surface area contributed by atoms with Crippen molar-refractivity contribution in [3.05, 3.63) is 0 Å². The summed E-state index contributed by atoms with van der Waals surface area (Å²) in [4.78, 5) is 0. The third kappa shape index (κ3) is 5.72. The van der Waals surface area contributed by atoms with Crippen LogP contribution in [-0.4, -0.2) is 39.7 Å².